The molecule has 188 valence electrons. The molecule has 0 unspecified atom stereocenters. The fourth-order valence-corrected chi connectivity index (χ4v) is 6.00. The highest BCUT2D eigenvalue weighted by Crippen LogP contribution is 2.44. The number of hydrogen-bond acceptors (Lipinski definition) is 9. The minimum atomic E-state index is -4.87. The van der Waals surface area contributed by atoms with Gasteiger partial charge >= 0.3 is 6.36 Å². The summed E-state index contributed by atoms with van der Waals surface area (Å²) in [6, 6.07) is 4.18. The Balaban J connectivity index is 1.33. The van der Waals surface area contributed by atoms with Crippen molar-refractivity contribution in [3.63, 3.8) is 0 Å². The zero-order valence-corrected chi connectivity index (χ0v) is 19.2. The predicted molar refractivity (Wildman–Crippen MR) is 123 cm³/mol. The van der Waals surface area contributed by atoms with Gasteiger partial charge in [0.25, 0.3) is 0 Å². The van der Waals surface area contributed by atoms with Crippen molar-refractivity contribution in [2.24, 2.45) is 5.92 Å². The van der Waals surface area contributed by atoms with Gasteiger partial charge in [-0.25, -0.2) is 9.97 Å². The van der Waals surface area contributed by atoms with Gasteiger partial charge in [0.2, 0.25) is 5.95 Å². The number of nitrogen functional groups attached to an aromatic ring is 1. The Kier molecular flexibility index (Phi) is 5.40. The molecule has 1 aliphatic carbocycles. The van der Waals surface area contributed by atoms with E-state index in [0.717, 1.165) is 57.7 Å². The van der Waals surface area contributed by atoms with Crippen LogP contribution in [0.15, 0.2) is 18.3 Å². The molecule has 2 atom stereocenters. The van der Waals surface area contributed by atoms with Gasteiger partial charge in [-0.3, -0.25) is 4.90 Å². The zero-order chi connectivity index (χ0) is 24.3. The second kappa shape index (κ2) is 8.37. The Morgan fingerprint density at radius 3 is 2.51 bits per heavy atom. The van der Waals surface area contributed by atoms with Crippen molar-refractivity contribution >= 4 is 17.6 Å². The van der Waals surface area contributed by atoms with Gasteiger partial charge in [0.1, 0.15) is 5.82 Å². The van der Waals surface area contributed by atoms with Crippen LogP contribution in [0.5, 0.6) is 5.75 Å². The molecule has 35 heavy (non-hydrogen) atoms. The Hall–Kier alpha value is -2.86. The Morgan fingerprint density at radius 1 is 1.03 bits per heavy atom. The van der Waals surface area contributed by atoms with Crippen molar-refractivity contribution in [1.82, 2.24) is 19.9 Å². The van der Waals surface area contributed by atoms with Gasteiger partial charge in [-0.15, -0.1) is 13.2 Å². The van der Waals surface area contributed by atoms with Crippen molar-refractivity contribution in [1.29, 1.82) is 0 Å². The third kappa shape index (κ3) is 4.22. The van der Waals surface area contributed by atoms with Crippen molar-refractivity contribution in [2.75, 3.05) is 48.3 Å². The standard InChI is InChI=1S/C23H28F3N7O2/c24-23(25,26)35-19-6-14(9-28-21(19)27)18-8-20(30-22(29-18)33-10-13-4-15(33)5-13)32-12-16-7-17(32)11-31(16)2-1-3-34/h6,8-9,13,15-17,34H,1-5,7,10-12H2,(H2,27,28)/t13?,15?,16-,17-/m0/s1. The van der Waals surface area contributed by atoms with Crippen LogP contribution < -0.4 is 20.3 Å². The summed E-state index contributed by atoms with van der Waals surface area (Å²) >= 11 is 0. The molecule has 2 aromatic rings. The number of anilines is 3. The fraction of sp³-hybridized carbons (Fsp3) is 0.609. The number of hydrogen-bond donors (Lipinski definition) is 2. The molecule has 5 fully saturated rings. The number of aromatic nitrogens is 3. The number of nitrogens with zero attached hydrogens (tertiary/aromatic N) is 6. The lowest BCUT2D eigenvalue weighted by molar-refractivity contribution is -0.274. The molecule has 12 heteroatoms. The molecule has 5 aliphatic rings. The van der Waals surface area contributed by atoms with Crippen LogP contribution in [0.2, 0.25) is 0 Å². The largest absolute Gasteiger partial charge is 0.573 e. The summed E-state index contributed by atoms with van der Waals surface area (Å²) in [5.74, 6) is 1.17. The summed E-state index contributed by atoms with van der Waals surface area (Å²) in [4.78, 5) is 20.5. The molecule has 4 saturated heterocycles. The van der Waals surface area contributed by atoms with Crippen LogP contribution in [0.1, 0.15) is 25.7 Å². The highest BCUT2D eigenvalue weighted by molar-refractivity contribution is 5.68. The summed E-state index contributed by atoms with van der Waals surface area (Å²) in [5, 5.41) is 9.18. The molecule has 0 aromatic carbocycles. The summed E-state index contributed by atoms with van der Waals surface area (Å²) < 4.78 is 42.7. The average molecular weight is 492 g/mol. The number of ether oxygens (including phenoxy) is 1. The van der Waals surface area contributed by atoms with Crippen LogP contribution in [0.25, 0.3) is 11.3 Å². The maximum Gasteiger partial charge on any atom is 0.573 e. The second-order valence-electron chi connectivity index (χ2n) is 9.98. The van der Waals surface area contributed by atoms with Crippen molar-refractivity contribution in [3.05, 3.63) is 18.3 Å². The molecule has 1 saturated carbocycles. The first-order valence-corrected chi connectivity index (χ1v) is 12.1. The number of fused-ring (bicyclic) bond motifs is 3. The van der Waals surface area contributed by atoms with Crippen LogP contribution in [0.3, 0.4) is 0 Å². The van der Waals surface area contributed by atoms with Crippen LogP contribution in [-0.2, 0) is 0 Å². The molecule has 7 rings (SSSR count). The van der Waals surface area contributed by atoms with Gasteiger partial charge < -0.3 is 25.4 Å². The zero-order valence-electron chi connectivity index (χ0n) is 19.2. The first-order chi connectivity index (χ1) is 16.8. The van der Waals surface area contributed by atoms with Gasteiger partial charge in [-0.1, -0.05) is 0 Å². The van der Waals surface area contributed by atoms with Gasteiger partial charge in [-0.2, -0.15) is 4.98 Å². The van der Waals surface area contributed by atoms with Crippen LogP contribution in [0, 0.1) is 5.92 Å². The fourth-order valence-electron chi connectivity index (χ4n) is 6.00. The molecule has 4 aliphatic heterocycles. The maximum absolute atomic E-state index is 12.9. The Bertz CT molecular complexity index is 1110. The highest BCUT2D eigenvalue weighted by Gasteiger charge is 2.46. The van der Waals surface area contributed by atoms with E-state index in [1.807, 2.05) is 6.07 Å². The number of aliphatic hydroxyl groups excluding tert-OH is 1. The SMILES string of the molecule is Nc1ncc(-c2cc(N3C[C@@H]4C[C@H]3CN4CCCO)nc(N3CC4CC3C4)n2)cc1OC(F)(F)F. The summed E-state index contributed by atoms with van der Waals surface area (Å²) in [6.07, 6.45) is 0.597. The van der Waals surface area contributed by atoms with Crippen LogP contribution >= 0.6 is 0 Å². The quantitative estimate of drug-likeness (QED) is 0.604. The molecule has 2 aromatic heterocycles. The first-order valence-electron chi connectivity index (χ1n) is 12.1. The summed E-state index contributed by atoms with van der Waals surface area (Å²) in [6.45, 7) is 3.68. The van der Waals surface area contributed by atoms with Gasteiger partial charge in [-0.05, 0) is 37.7 Å². The number of halogens is 3. The monoisotopic (exact) mass is 491 g/mol. The summed E-state index contributed by atoms with van der Waals surface area (Å²) in [5.41, 5.74) is 6.53. The lowest BCUT2D eigenvalue weighted by Crippen LogP contribution is -2.47. The number of alkyl halides is 3. The van der Waals surface area contributed by atoms with Crippen molar-refractivity contribution in [3.8, 4) is 17.0 Å². The number of rotatable bonds is 7. The first kappa shape index (κ1) is 22.6. The molecule has 3 N–H and O–H groups in total. The van der Waals surface area contributed by atoms with Crippen LogP contribution in [0.4, 0.5) is 30.8 Å². The van der Waals surface area contributed by atoms with E-state index in [1.165, 1.54) is 12.3 Å². The van der Waals surface area contributed by atoms with E-state index in [9.17, 15) is 18.3 Å². The predicted octanol–water partition coefficient (Wildman–Crippen LogP) is 2.26. The molecule has 0 spiro atoms. The molecule has 0 radical (unpaired) electrons. The van der Waals surface area contributed by atoms with Gasteiger partial charge in [0.15, 0.2) is 11.6 Å². The number of aliphatic hydroxyl groups is 1. The number of piperazine rings is 1. The van der Waals surface area contributed by atoms with E-state index in [1.54, 1.807) is 0 Å². The normalized spacial score (nSPS) is 27.5. The molecule has 0 amide bonds. The van der Waals surface area contributed by atoms with E-state index in [2.05, 4.69) is 24.4 Å². The number of pyridine rings is 1. The van der Waals surface area contributed by atoms with E-state index in [4.69, 9.17) is 15.7 Å². The lowest BCUT2D eigenvalue weighted by atomic mass is 9.86. The molecular formula is C23H28F3N7O2. The smallest absolute Gasteiger partial charge is 0.402 e. The Morgan fingerprint density at radius 2 is 1.86 bits per heavy atom. The van der Waals surface area contributed by atoms with Crippen molar-refractivity contribution in [2.45, 2.75) is 50.2 Å². The van der Waals surface area contributed by atoms with Gasteiger partial charge in [0, 0.05) is 68.7 Å². The third-order valence-electron chi connectivity index (χ3n) is 7.72. The topological polar surface area (TPSA) is 104 Å². The molecule has 6 heterocycles. The minimum Gasteiger partial charge on any atom is -0.402 e. The van der Waals surface area contributed by atoms with E-state index in [-0.39, 0.29) is 12.4 Å². The summed E-state index contributed by atoms with van der Waals surface area (Å²) in [7, 11) is 0. The van der Waals surface area contributed by atoms with E-state index < -0.39 is 12.1 Å². The van der Waals surface area contributed by atoms with Crippen molar-refractivity contribution < 1.29 is 23.0 Å². The number of nitrogens with two attached hydrogens (primary N) is 1. The second-order valence-corrected chi connectivity index (χ2v) is 9.98. The third-order valence-corrected chi connectivity index (χ3v) is 7.72. The van der Waals surface area contributed by atoms with E-state index in [0.29, 0.717) is 41.2 Å². The Labute approximate surface area is 200 Å². The van der Waals surface area contributed by atoms with E-state index >= 15 is 0 Å². The highest BCUT2D eigenvalue weighted by atomic mass is 19.4. The maximum atomic E-state index is 12.9. The molecule has 9 nitrogen and oxygen atoms in total. The lowest BCUT2D eigenvalue weighted by Gasteiger charge is -2.35. The van der Waals surface area contributed by atoms with Crippen LogP contribution in [-0.4, -0.2) is 82.2 Å². The number of likely N-dealkylation sites (tertiary alicyclic amines) is 1. The molecular weight excluding hydrogens is 463 g/mol. The minimum absolute atomic E-state index is 0.184. The molecule has 4 bridgehead atoms. The van der Waals surface area contributed by atoms with Gasteiger partial charge in [0.05, 0.1) is 5.69 Å². The average Bonchev–Trinajstić information content (AvgIpc) is 3.57.